The Balaban J connectivity index is 2.30. The Morgan fingerprint density at radius 1 is 1.45 bits per heavy atom. The van der Waals surface area contributed by atoms with Gasteiger partial charge in [0.25, 0.3) is 0 Å². The first kappa shape index (κ1) is 9.53. The van der Waals surface area contributed by atoms with Gasteiger partial charge in [-0.1, -0.05) is 6.08 Å². The molecule has 0 radical (unpaired) electrons. The fraction of sp³-hybridized carbons (Fsp3) is 0.778. The van der Waals surface area contributed by atoms with E-state index in [2.05, 4.69) is 37.0 Å². The molecule has 0 amide bonds. The molecule has 0 aliphatic carbocycles. The SMILES string of the molecule is C=CCCC1(C)SCCCS1. The lowest BCUT2D eigenvalue weighted by molar-refractivity contribution is 0.776. The molecule has 1 fully saturated rings. The van der Waals surface area contributed by atoms with E-state index in [1.165, 1.54) is 24.3 Å². The van der Waals surface area contributed by atoms with Gasteiger partial charge in [0.2, 0.25) is 0 Å². The minimum absolute atomic E-state index is 0.492. The van der Waals surface area contributed by atoms with Gasteiger partial charge in [-0.25, -0.2) is 0 Å². The zero-order valence-electron chi connectivity index (χ0n) is 7.14. The molecular weight excluding hydrogens is 172 g/mol. The summed E-state index contributed by atoms with van der Waals surface area (Å²) in [4.78, 5) is 0. The zero-order chi connectivity index (χ0) is 8.16. The summed E-state index contributed by atoms with van der Waals surface area (Å²) in [5, 5.41) is 0. The molecule has 11 heavy (non-hydrogen) atoms. The Hall–Kier alpha value is 0.440. The molecule has 1 aliphatic heterocycles. The maximum atomic E-state index is 3.76. The predicted molar refractivity (Wildman–Crippen MR) is 57.4 cm³/mol. The average molecular weight is 188 g/mol. The van der Waals surface area contributed by atoms with Crippen molar-refractivity contribution in [1.82, 2.24) is 0 Å². The highest BCUT2D eigenvalue weighted by molar-refractivity contribution is 8.18. The van der Waals surface area contributed by atoms with Crippen molar-refractivity contribution in [2.75, 3.05) is 11.5 Å². The molecule has 0 spiro atoms. The van der Waals surface area contributed by atoms with Gasteiger partial charge in [0.05, 0.1) is 4.08 Å². The summed E-state index contributed by atoms with van der Waals surface area (Å²) in [6, 6.07) is 0. The van der Waals surface area contributed by atoms with Crippen LogP contribution in [0.2, 0.25) is 0 Å². The quantitative estimate of drug-likeness (QED) is 0.621. The van der Waals surface area contributed by atoms with Gasteiger partial charge in [-0.3, -0.25) is 0 Å². The van der Waals surface area contributed by atoms with Crippen LogP contribution >= 0.6 is 23.5 Å². The van der Waals surface area contributed by atoms with E-state index in [0.717, 1.165) is 6.42 Å². The zero-order valence-corrected chi connectivity index (χ0v) is 8.77. The fourth-order valence-electron chi connectivity index (χ4n) is 1.19. The second-order valence-electron chi connectivity index (χ2n) is 3.01. The Labute approximate surface area is 78.2 Å². The lowest BCUT2D eigenvalue weighted by Gasteiger charge is -2.31. The van der Waals surface area contributed by atoms with Crippen molar-refractivity contribution in [1.29, 1.82) is 0 Å². The number of rotatable bonds is 3. The van der Waals surface area contributed by atoms with E-state index in [4.69, 9.17) is 0 Å². The van der Waals surface area contributed by atoms with E-state index in [-0.39, 0.29) is 0 Å². The largest absolute Gasteiger partial charge is 0.144 e. The predicted octanol–water partition coefficient (Wildman–Crippen LogP) is 3.54. The monoisotopic (exact) mass is 188 g/mol. The Kier molecular flexibility index (Phi) is 3.86. The summed E-state index contributed by atoms with van der Waals surface area (Å²) >= 11 is 4.24. The van der Waals surface area contributed by atoms with Gasteiger partial charge >= 0.3 is 0 Å². The molecule has 1 rings (SSSR count). The van der Waals surface area contributed by atoms with Crippen molar-refractivity contribution in [2.24, 2.45) is 0 Å². The summed E-state index contributed by atoms with van der Waals surface area (Å²) in [7, 11) is 0. The van der Waals surface area contributed by atoms with E-state index >= 15 is 0 Å². The van der Waals surface area contributed by atoms with E-state index < -0.39 is 0 Å². The minimum atomic E-state index is 0.492. The maximum absolute atomic E-state index is 3.76. The third-order valence-corrected chi connectivity index (χ3v) is 5.23. The molecule has 0 saturated carbocycles. The molecule has 2 heteroatoms. The highest BCUT2D eigenvalue weighted by Crippen LogP contribution is 2.44. The number of thioether (sulfide) groups is 2. The van der Waals surface area contributed by atoms with Crippen molar-refractivity contribution >= 4 is 23.5 Å². The van der Waals surface area contributed by atoms with Crippen molar-refractivity contribution < 1.29 is 0 Å². The van der Waals surface area contributed by atoms with Crippen LogP contribution in [0, 0.1) is 0 Å². The van der Waals surface area contributed by atoms with Crippen molar-refractivity contribution in [3.8, 4) is 0 Å². The van der Waals surface area contributed by atoms with Crippen molar-refractivity contribution in [3.05, 3.63) is 12.7 Å². The van der Waals surface area contributed by atoms with Crippen LogP contribution in [0.25, 0.3) is 0 Å². The van der Waals surface area contributed by atoms with E-state index in [9.17, 15) is 0 Å². The molecule has 1 heterocycles. The molecule has 0 bridgehead atoms. The molecule has 1 saturated heterocycles. The summed E-state index contributed by atoms with van der Waals surface area (Å²) in [5.41, 5.74) is 0. The number of hydrogen-bond acceptors (Lipinski definition) is 2. The fourth-order valence-corrected chi connectivity index (χ4v) is 4.17. The third kappa shape index (κ3) is 3.12. The van der Waals surface area contributed by atoms with Gasteiger partial charge in [-0.2, -0.15) is 0 Å². The maximum Gasteiger partial charge on any atom is 0.0586 e. The molecule has 0 nitrogen and oxygen atoms in total. The second kappa shape index (κ2) is 4.46. The average Bonchev–Trinajstić information content (AvgIpc) is 2.03. The van der Waals surface area contributed by atoms with E-state index in [0.29, 0.717) is 4.08 Å². The van der Waals surface area contributed by atoms with Crippen LogP contribution in [0.1, 0.15) is 26.2 Å². The van der Waals surface area contributed by atoms with Gasteiger partial charge in [0, 0.05) is 0 Å². The first-order valence-corrected chi connectivity index (χ1v) is 6.13. The molecule has 1 aliphatic rings. The van der Waals surface area contributed by atoms with Gasteiger partial charge in [-0.05, 0) is 37.7 Å². The summed E-state index contributed by atoms with van der Waals surface area (Å²) in [5.74, 6) is 2.70. The van der Waals surface area contributed by atoms with Crippen LogP contribution < -0.4 is 0 Å². The van der Waals surface area contributed by atoms with Crippen LogP contribution in [0.5, 0.6) is 0 Å². The summed E-state index contributed by atoms with van der Waals surface area (Å²) in [6.45, 7) is 6.12. The van der Waals surface area contributed by atoms with Crippen molar-refractivity contribution in [2.45, 2.75) is 30.3 Å². The van der Waals surface area contributed by atoms with E-state index in [1.807, 2.05) is 6.08 Å². The van der Waals surface area contributed by atoms with Crippen LogP contribution in [0.4, 0.5) is 0 Å². The van der Waals surface area contributed by atoms with Crippen molar-refractivity contribution in [3.63, 3.8) is 0 Å². The van der Waals surface area contributed by atoms with E-state index in [1.54, 1.807) is 0 Å². The molecule has 64 valence electrons. The molecular formula is C9H16S2. The third-order valence-electron chi connectivity index (χ3n) is 1.91. The van der Waals surface area contributed by atoms with Crippen LogP contribution in [-0.2, 0) is 0 Å². The second-order valence-corrected chi connectivity index (χ2v) is 6.47. The normalized spacial score (nSPS) is 23.0. The first-order chi connectivity index (χ1) is 5.27. The van der Waals surface area contributed by atoms with Crippen LogP contribution in [-0.4, -0.2) is 15.6 Å². The highest BCUT2D eigenvalue weighted by atomic mass is 32.2. The lowest BCUT2D eigenvalue weighted by Crippen LogP contribution is -2.20. The lowest BCUT2D eigenvalue weighted by atomic mass is 10.2. The smallest absolute Gasteiger partial charge is 0.0586 e. The standard InChI is InChI=1S/C9H16S2/c1-3-4-6-9(2)10-7-5-8-11-9/h3H,1,4-8H2,2H3. The molecule has 0 aromatic rings. The van der Waals surface area contributed by atoms with Gasteiger partial charge in [0.1, 0.15) is 0 Å². The topological polar surface area (TPSA) is 0 Å². The van der Waals surface area contributed by atoms with Gasteiger partial charge < -0.3 is 0 Å². The Bertz CT molecular complexity index is 126. The highest BCUT2D eigenvalue weighted by Gasteiger charge is 2.26. The molecule has 0 N–H and O–H groups in total. The van der Waals surface area contributed by atoms with Crippen LogP contribution in [0.15, 0.2) is 12.7 Å². The summed E-state index contributed by atoms with van der Waals surface area (Å²) < 4.78 is 0.492. The number of allylic oxidation sites excluding steroid dienone is 1. The summed E-state index contributed by atoms with van der Waals surface area (Å²) in [6.07, 6.45) is 5.86. The number of hydrogen-bond donors (Lipinski definition) is 0. The van der Waals surface area contributed by atoms with Crippen LogP contribution in [0.3, 0.4) is 0 Å². The van der Waals surface area contributed by atoms with Gasteiger partial charge in [-0.15, -0.1) is 30.1 Å². The minimum Gasteiger partial charge on any atom is -0.144 e. The molecule has 0 aromatic carbocycles. The first-order valence-electron chi connectivity index (χ1n) is 4.16. The Morgan fingerprint density at radius 3 is 2.64 bits per heavy atom. The van der Waals surface area contributed by atoms with Gasteiger partial charge in [0.15, 0.2) is 0 Å². The molecule has 0 atom stereocenters. The molecule has 0 aromatic heterocycles. The molecule has 0 unspecified atom stereocenters. The Morgan fingerprint density at radius 2 is 2.09 bits per heavy atom.